The molecule has 0 unspecified atom stereocenters. The SMILES string of the molecule is Cc1cc(N)n(CC(=O)N(Cc2cccnc2)Cc2ccc3c(c2)OCO3)n1. The third kappa shape index (κ3) is 3.90. The molecule has 0 spiro atoms. The number of hydrogen-bond acceptors (Lipinski definition) is 6. The van der Waals surface area contributed by atoms with Gasteiger partial charge in [0.2, 0.25) is 12.7 Å². The number of nitrogen functional groups attached to an aromatic ring is 1. The van der Waals surface area contributed by atoms with Crippen LogP contribution in [-0.2, 0) is 24.4 Å². The van der Waals surface area contributed by atoms with Crippen LogP contribution >= 0.6 is 0 Å². The largest absolute Gasteiger partial charge is 0.454 e. The van der Waals surface area contributed by atoms with Gasteiger partial charge < -0.3 is 20.1 Å². The molecule has 1 aromatic carbocycles. The zero-order chi connectivity index (χ0) is 19.5. The van der Waals surface area contributed by atoms with Crippen LogP contribution in [-0.4, -0.2) is 32.4 Å². The number of nitrogens with two attached hydrogens (primary N) is 1. The first-order valence-electron chi connectivity index (χ1n) is 8.93. The molecule has 3 aromatic rings. The van der Waals surface area contributed by atoms with E-state index in [2.05, 4.69) is 10.1 Å². The number of aromatic nitrogens is 3. The number of pyridine rings is 1. The fourth-order valence-corrected chi connectivity index (χ4v) is 3.12. The molecule has 0 fully saturated rings. The minimum atomic E-state index is -0.0867. The Balaban J connectivity index is 1.56. The Labute approximate surface area is 162 Å². The number of carbonyl (C=O) groups excluding carboxylic acids is 1. The summed E-state index contributed by atoms with van der Waals surface area (Å²) in [5.74, 6) is 1.79. The predicted octanol–water partition coefficient (Wildman–Crippen LogP) is 2.13. The zero-order valence-corrected chi connectivity index (χ0v) is 15.5. The van der Waals surface area contributed by atoms with Crippen molar-refractivity contribution < 1.29 is 14.3 Å². The smallest absolute Gasteiger partial charge is 0.244 e. The fraction of sp³-hybridized carbons (Fsp3) is 0.250. The monoisotopic (exact) mass is 379 g/mol. The number of anilines is 1. The van der Waals surface area contributed by atoms with Gasteiger partial charge in [-0.3, -0.25) is 9.78 Å². The van der Waals surface area contributed by atoms with E-state index in [1.807, 2.05) is 37.3 Å². The minimum absolute atomic E-state index is 0.0739. The molecule has 0 bridgehead atoms. The normalized spacial score (nSPS) is 12.2. The van der Waals surface area contributed by atoms with Crippen molar-refractivity contribution in [1.82, 2.24) is 19.7 Å². The van der Waals surface area contributed by atoms with E-state index >= 15 is 0 Å². The number of benzene rings is 1. The van der Waals surface area contributed by atoms with Crippen molar-refractivity contribution in [3.8, 4) is 11.5 Å². The molecule has 0 saturated carbocycles. The molecular formula is C20H21N5O3. The lowest BCUT2D eigenvalue weighted by molar-refractivity contribution is -0.133. The Kier molecular flexibility index (Phi) is 4.84. The number of hydrogen-bond donors (Lipinski definition) is 1. The maximum absolute atomic E-state index is 13.0. The van der Waals surface area contributed by atoms with E-state index in [0.717, 1.165) is 16.8 Å². The van der Waals surface area contributed by atoms with Crippen molar-refractivity contribution in [1.29, 1.82) is 0 Å². The first-order valence-corrected chi connectivity index (χ1v) is 8.93. The summed E-state index contributed by atoms with van der Waals surface area (Å²) in [5, 5.41) is 4.29. The number of ether oxygens (including phenoxy) is 2. The molecule has 0 atom stereocenters. The van der Waals surface area contributed by atoms with E-state index in [4.69, 9.17) is 15.2 Å². The summed E-state index contributed by atoms with van der Waals surface area (Å²) in [7, 11) is 0. The highest BCUT2D eigenvalue weighted by atomic mass is 16.7. The van der Waals surface area contributed by atoms with Gasteiger partial charge in [0.05, 0.1) is 5.69 Å². The van der Waals surface area contributed by atoms with Gasteiger partial charge >= 0.3 is 0 Å². The molecule has 4 rings (SSSR count). The molecule has 1 aliphatic heterocycles. The molecule has 28 heavy (non-hydrogen) atoms. The van der Waals surface area contributed by atoms with Crippen molar-refractivity contribution in [2.75, 3.05) is 12.5 Å². The molecule has 3 heterocycles. The fourth-order valence-electron chi connectivity index (χ4n) is 3.12. The maximum Gasteiger partial charge on any atom is 0.244 e. The quantitative estimate of drug-likeness (QED) is 0.705. The van der Waals surface area contributed by atoms with Crippen LogP contribution < -0.4 is 15.2 Å². The number of rotatable bonds is 6. The van der Waals surface area contributed by atoms with Gasteiger partial charge in [-0.1, -0.05) is 12.1 Å². The first-order chi connectivity index (χ1) is 13.6. The van der Waals surface area contributed by atoms with Crippen molar-refractivity contribution in [2.24, 2.45) is 0 Å². The second-order valence-electron chi connectivity index (χ2n) is 6.67. The summed E-state index contributed by atoms with van der Waals surface area (Å²) < 4.78 is 12.3. The number of carbonyl (C=O) groups is 1. The summed E-state index contributed by atoms with van der Waals surface area (Å²) in [6.07, 6.45) is 3.47. The van der Waals surface area contributed by atoms with Crippen molar-refractivity contribution in [3.63, 3.8) is 0 Å². The van der Waals surface area contributed by atoms with Crippen molar-refractivity contribution >= 4 is 11.7 Å². The van der Waals surface area contributed by atoms with E-state index in [1.54, 1.807) is 23.4 Å². The Hall–Kier alpha value is -3.55. The summed E-state index contributed by atoms with van der Waals surface area (Å²) in [6, 6.07) is 11.2. The molecule has 0 aliphatic carbocycles. The van der Waals surface area contributed by atoms with Gasteiger partial charge in [-0.2, -0.15) is 5.10 Å². The molecule has 0 saturated heterocycles. The number of aryl methyl sites for hydroxylation is 1. The van der Waals surface area contributed by atoms with Gasteiger partial charge in [0.25, 0.3) is 0 Å². The third-order valence-electron chi connectivity index (χ3n) is 4.48. The zero-order valence-electron chi connectivity index (χ0n) is 15.5. The van der Waals surface area contributed by atoms with Crippen LogP contribution in [0.25, 0.3) is 0 Å². The average Bonchev–Trinajstić information content (AvgIpc) is 3.27. The second-order valence-corrected chi connectivity index (χ2v) is 6.67. The molecule has 1 amide bonds. The van der Waals surface area contributed by atoms with Gasteiger partial charge in [-0.05, 0) is 36.2 Å². The Morgan fingerprint density at radius 3 is 2.75 bits per heavy atom. The van der Waals surface area contributed by atoms with E-state index in [9.17, 15) is 4.79 Å². The predicted molar refractivity (Wildman–Crippen MR) is 102 cm³/mol. The van der Waals surface area contributed by atoms with Gasteiger partial charge in [-0.15, -0.1) is 0 Å². The summed E-state index contributed by atoms with van der Waals surface area (Å²) in [5.41, 5.74) is 8.62. The summed E-state index contributed by atoms with van der Waals surface area (Å²) in [4.78, 5) is 18.9. The average molecular weight is 379 g/mol. The lowest BCUT2D eigenvalue weighted by atomic mass is 10.1. The van der Waals surface area contributed by atoms with Crippen LogP contribution in [0, 0.1) is 6.92 Å². The lowest BCUT2D eigenvalue weighted by Gasteiger charge is -2.23. The highest BCUT2D eigenvalue weighted by Gasteiger charge is 2.19. The minimum Gasteiger partial charge on any atom is -0.454 e. The third-order valence-corrected chi connectivity index (χ3v) is 4.48. The number of amides is 1. The van der Waals surface area contributed by atoms with E-state index in [1.165, 1.54) is 4.68 Å². The van der Waals surface area contributed by atoms with E-state index in [0.29, 0.717) is 30.4 Å². The van der Waals surface area contributed by atoms with Crippen LogP contribution in [0.4, 0.5) is 5.82 Å². The van der Waals surface area contributed by atoms with E-state index in [-0.39, 0.29) is 19.2 Å². The van der Waals surface area contributed by atoms with Gasteiger partial charge in [0, 0.05) is 31.5 Å². The second kappa shape index (κ2) is 7.59. The summed E-state index contributed by atoms with van der Waals surface area (Å²) >= 11 is 0. The van der Waals surface area contributed by atoms with Crippen LogP contribution in [0.2, 0.25) is 0 Å². The van der Waals surface area contributed by atoms with Gasteiger partial charge in [0.1, 0.15) is 12.4 Å². The Morgan fingerprint density at radius 2 is 2.00 bits per heavy atom. The molecule has 144 valence electrons. The van der Waals surface area contributed by atoms with Crippen molar-refractivity contribution in [3.05, 3.63) is 65.6 Å². The standard InChI is InChI=1S/C20H21N5O3/c1-14-7-19(21)25(23-14)12-20(26)24(11-16-3-2-6-22-9-16)10-15-4-5-17-18(8-15)28-13-27-17/h2-9H,10-13,21H2,1H3. The molecule has 8 heteroatoms. The topological polar surface area (TPSA) is 95.5 Å². The molecule has 2 aromatic heterocycles. The summed E-state index contributed by atoms with van der Waals surface area (Å²) in [6.45, 7) is 2.99. The van der Waals surface area contributed by atoms with Crippen LogP contribution in [0.5, 0.6) is 11.5 Å². The van der Waals surface area contributed by atoms with E-state index < -0.39 is 0 Å². The molecule has 2 N–H and O–H groups in total. The van der Waals surface area contributed by atoms with Gasteiger partial charge in [-0.25, -0.2) is 4.68 Å². The highest BCUT2D eigenvalue weighted by Crippen LogP contribution is 2.33. The molecule has 1 aliphatic rings. The van der Waals surface area contributed by atoms with Crippen LogP contribution in [0.1, 0.15) is 16.8 Å². The van der Waals surface area contributed by atoms with Crippen LogP contribution in [0.3, 0.4) is 0 Å². The number of fused-ring (bicyclic) bond motifs is 1. The molecule has 0 radical (unpaired) electrons. The lowest BCUT2D eigenvalue weighted by Crippen LogP contribution is -2.33. The molecule has 8 nitrogen and oxygen atoms in total. The Bertz CT molecular complexity index is 987. The van der Waals surface area contributed by atoms with Crippen molar-refractivity contribution in [2.45, 2.75) is 26.6 Å². The maximum atomic E-state index is 13.0. The Morgan fingerprint density at radius 1 is 1.18 bits per heavy atom. The highest BCUT2D eigenvalue weighted by molar-refractivity contribution is 5.76. The van der Waals surface area contributed by atoms with Gasteiger partial charge in [0.15, 0.2) is 11.5 Å². The van der Waals surface area contributed by atoms with Crippen LogP contribution in [0.15, 0.2) is 48.8 Å². The number of nitrogens with zero attached hydrogens (tertiary/aromatic N) is 4. The molecular weight excluding hydrogens is 358 g/mol. The first kappa shape index (κ1) is 17.8.